The van der Waals surface area contributed by atoms with Crippen LogP contribution in [0.2, 0.25) is 0 Å². The fraction of sp³-hybridized carbons (Fsp3) is 0.462. The first-order valence-corrected chi connectivity index (χ1v) is 11.7. The van der Waals surface area contributed by atoms with E-state index in [0.717, 1.165) is 31.0 Å². The van der Waals surface area contributed by atoms with Gasteiger partial charge in [-0.3, -0.25) is 4.79 Å². The van der Waals surface area contributed by atoms with Crippen LogP contribution >= 0.6 is 0 Å². The number of benzene rings is 1. The van der Waals surface area contributed by atoms with E-state index in [0.29, 0.717) is 11.8 Å². The van der Waals surface area contributed by atoms with Gasteiger partial charge in [-0.15, -0.1) is 0 Å². The molecule has 1 aliphatic carbocycles. The molecular weight excluding hydrogens is 400 g/mol. The van der Waals surface area contributed by atoms with Gasteiger partial charge in [0.05, 0.1) is 13.2 Å². The van der Waals surface area contributed by atoms with Crippen molar-refractivity contribution in [3.63, 3.8) is 0 Å². The third kappa shape index (κ3) is 3.88. The summed E-state index contributed by atoms with van der Waals surface area (Å²) >= 11 is 0. The van der Waals surface area contributed by atoms with E-state index < -0.39 is 0 Å². The number of hydrogen-bond donors (Lipinski definition) is 2. The molecule has 5 rings (SSSR count). The Hall–Kier alpha value is -2.86. The summed E-state index contributed by atoms with van der Waals surface area (Å²) in [7, 11) is 1.64. The predicted molar refractivity (Wildman–Crippen MR) is 128 cm³/mol. The van der Waals surface area contributed by atoms with Crippen LogP contribution in [0.3, 0.4) is 0 Å². The highest BCUT2D eigenvalue weighted by atomic mass is 16.5. The highest BCUT2D eigenvalue weighted by molar-refractivity contribution is 5.94. The van der Waals surface area contributed by atoms with Gasteiger partial charge in [0.2, 0.25) is 11.8 Å². The maximum Gasteiger partial charge on any atom is 0.224 e. The summed E-state index contributed by atoms with van der Waals surface area (Å²) < 4.78 is 5.34. The van der Waals surface area contributed by atoms with Crippen LogP contribution in [0.1, 0.15) is 50.3 Å². The zero-order chi connectivity index (χ0) is 22.2. The van der Waals surface area contributed by atoms with E-state index in [4.69, 9.17) is 4.74 Å². The number of ether oxygens (including phenoxy) is 1. The number of fused-ring (bicyclic) bond motifs is 1. The average Bonchev–Trinajstić information content (AvgIpc) is 3.66. The normalized spacial score (nSPS) is 25.0. The molecule has 3 aliphatic rings. The van der Waals surface area contributed by atoms with Crippen LogP contribution in [0, 0.1) is 11.8 Å². The molecule has 1 saturated carbocycles. The Morgan fingerprint density at radius 2 is 2.09 bits per heavy atom. The number of amides is 1. The lowest BCUT2D eigenvalue weighted by Crippen LogP contribution is -2.51. The van der Waals surface area contributed by atoms with E-state index in [1.165, 1.54) is 29.5 Å². The van der Waals surface area contributed by atoms with E-state index in [1.807, 2.05) is 18.2 Å². The summed E-state index contributed by atoms with van der Waals surface area (Å²) in [6, 6.07) is 12.7. The van der Waals surface area contributed by atoms with Crippen LogP contribution < -0.4 is 20.3 Å². The van der Waals surface area contributed by atoms with Gasteiger partial charge in [0, 0.05) is 37.2 Å². The maximum atomic E-state index is 12.8. The standard InChI is InChI=1S/C26H32N4O2/c1-16-25(29-23-5-4-6-24(28-23)32-3)21-15-20(18-11-13-27-14-12-18)9-10-22(21)30(17(2)31)26(16)19-7-8-19/h4-6,9-11,15-16,19,25-27H,7-8,12-14H2,1-3H3,(H,28,29)/t16-,25-,26-/m1/s1. The number of carbonyl (C=O) groups is 1. The van der Waals surface area contributed by atoms with Crippen molar-refractivity contribution in [2.75, 3.05) is 30.4 Å². The summed E-state index contributed by atoms with van der Waals surface area (Å²) in [5.74, 6) is 2.34. The molecule has 0 saturated heterocycles. The zero-order valence-corrected chi connectivity index (χ0v) is 19.1. The van der Waals surface area contributed by atoms with E-state index >= 15 is 0 Å². The van der Waals surface area contributed by atoms with Crippen molar-refractivity contribution in [2.24, 2.45) is 11.8 Å². The van der Waals surface area contributed by atoms with Crippen molar-refractivity contribution in [1.29, 1.82) is 0 Å². The Morgan fingerprint density at radius 3 is 2.78 bits per heavy atom. The second-order valence-electron chi connectivity index (χ2n) is 9.22. The van der Waals surface area contributed by atoms with Gasteiger partial charge in [0.15, 0.2) is 0 Å². The van der Waals surface area contributed by atoms with Gasteiger partial charge in [-0.2, -0.15) is 4.98 Å². The highest BCUT2D eigenvalue weighted by Crippen LogP contribution is 2.50. The Bertz CT molecular complexity index is 1050. The molecular formula is C26H32N4O2. The van der Waals surface area contributed by atoms with Crippen LogP contribution in [-0.2, 0) is 4.79 Å². The smallest absolute Gasteiger partial charge is 0.224 e. The molecule has 1 amide bonds. The van der Waals surface area contributed by atoms with Gasteiger partial charge in [0.25, 0.3) is 0 Å². The number of hydrogen-bond acceptors (Lipinski definition) is 5. The molecule has 1 aromatic carbocycles. The number of carbonyl (C=O) groups excluding carboxylic acids is 1. The molecule has 168 valence electrons. The Balaban J connectivity index is 1.60. The Labute approximate surface area is 190 Å². The summed E-state index contributed by atoms with van der Waals surface area (Å²) in [6.07, 6.45) is 5.68. The lowest BCUT2D eigenvalue weighted by atomic mass is 9.79. The summed E-state index contributed by atoms with van der Waals surface area (Å²) in [4.78, 5) is 19.5. The fourth-order valence-electron chi connectivity index (χ4n) is 5.42. The number of anilines is 2. The number of nitrogens with zero attached hydrogens (tertiary/aromatic N) is 2. The minimum Gasteiger partial charge on any atom is -0.481 e. The molecule has 0 spiro atoms. The first-order valence-electron chi connectivity index (χ1n) is 11.7. The molecule has 2 N–H and O–H groups in total. The van der Waals surface area contributed by atoms with E-state index in [9.17, 15) is 4.79 Å². The summed E-state index contributed by atoms with van der Waals surface area (Å²) in [6.45, 7) is 5.88. The van der Waals surface area contributed by atoms with Crippen molar-refractivity contribution < 1.29 is 9.53 Å². The van der Waals surface area contributed by atoms with Crippen molar-refractivity contribution in [3.8, 4) is 5.88 Å². The second kappa shape index (κ2) is 8.58. The minimum absolute atomic E-state index is 0.0630. The molecule has 2 aromatic rings. The van der Waals surface area contributed by atoms with Gasteiger partial charge in [0.1, 0.15) is 5.82 Å². The third-order valence-corrected chi connectivity index (χ3v) is 7.10. The van der Waals surface area contributed by atoms with Gasteiger partial charge >= 0.3 is 0 Å². The zero-order valence-electron chi connectivity index (χ0n) is 19.1. The third-order valence-electron chi connectivity index (χ3n) is 7.10. The number of methoxy groups -OCH3 is 1. The number of aromatic nitrogens is 1. The maximum absolute atomic E-state index is 12.8. The van der Waals surface area contributed by atoms with E-state index in [-0.39, 0.29) is 23.9 Å². The van der Waals surface area contributed by atoms with Crippen LogP contribution in [0.5, 0.6) is 5.88 Å². The molecule has 6 nitrogen and oxygen atoms in total. The predicted octanol–water partition coefficient (Wildman–Crippen LogP) is 4.40. The average molecular weight is 433 g/mol. The monoisotopic (exact) mass is 432 g/mol. The second-order valence-corrected chi connectivity index (χ2v) is 9.22. The number of rotatable bonds is 5. The fourth-order valence-corrected chi connectivity index (χ4v) is 5.42. The van der Waals surface area contributed by atoms with Crippen LogP contribution in [0.25, 0.3) is 5.57 Å². The first-order chi connectivity index (χ1) is 15.6. The molecule has 0 radical (unpaired) electrons. The molecule has 32 heavy (non-hydrogen) atoms. The molecule has 3 atom stereocenters. The van der Waals surface area contributed by atoms with E-state index in [1.54, 1.807) is 14.0 Å². The first kappa shape index (κ1) is 21.0. The molecule has 6 heteroatoms. The molecule has 0 bridgehead atoms. The number of pyridine rings is 1. The molecule has 2 aliphatic heterocycles. The van der Waals surface area contributed by atoms with Crippen LogP contribution in [0.15, 0.2) is 42.5 Å². The van der Waals surface area contributed by atoms with Crippen LogP contribution in [0.4, 0.5) is 11.5 Å². The van der Waals surface area contributed by atoms with Crippen molar-refractivity contribution in [3.05, 3.63) is 53.6 Å². The van der Waals surface area contributed by atoms with Gasteiger partial charge in [-0.05, 0) is 66.6 Å². The lowest BCUT2D eigenvalue weighted by molar-refractivity contribution is -0.117. The topological polar surface area (TPSA) is 66.5 Å². The quantitative estimate of drug-likeness (QED) is 0.733. The molecule has 0 unspecified atom stereocenters. The van der Waals surface area contributed by atoms with Crippen LogP contribution in [-0.4, -0.2) is 37.1 Å². The lowest BCUT2D eigenvalue weighted by Gasteiger charge is -2.46. The van der Waals surface area contributed by atoms with Gasteiger partial charge in [-0.1, -0.05) is 25.1 Å². The molecule has 3 heterocycles. The van der Waals surface area contributed by atoms with E-state index in [2.05, 4.69) is 51.7 Å². The van der Waals surface area contributed by atoms with Crippen molar-refractivity contribution in [2.45, 2.75) is 45.2 Å². The SMILES string of the molecule is COc1cccc(N[C@H]2c3cc(C4=CCNCC4)ccc3N(C(C)=O)[C@@H](C3CC3)[C@@H]2C)n1. The summed E-state index contributed by atoms with van der Waals surface area (Å²) in [5.41, 5.74) is 4.82. The minimum atomic E-state index is 0.0630. The largest absolute Gasteiger partial charge is 0.481 e. The van der Waals surface area contributed by atoms with Gasteiger partial charge < -0.3 is 20.3 Å². The molecule has 1 fully saturated rings. The van der Waals surface area contributed by atoms with Crippen molar-refractivity contribution >= 4 is 23.0 Å². The Morgan fingerprint density at radius 1 is 1.25 bits per heavy atom. The number of nitrogens with one attached hydrogen (secondary N) is 2. The highest BCUT2D eigenvalue weighted by Gasteiger charge is 2.47. The summed E-state index contributed by atoms with van der Waals surface area (Å²) in [5, 5.41) is 7.09. The van der Waals surface area contributed by atoms with Crippen molar-refractivity contribution in [1.82, 2.24) is 10.3 Å². The van der Waals surface area contributed by atoms with Gasteiger partial charge in [-0.25, -0.2) is 0 Å². The Kier molecular flexibility index (Phi) is 5.64. The molecule has 1 aromatic heterocycles.